The summed E-state index contributed by atoms with van der Waals surface area (Å²) in [6.45, 7) is 0. The lowest BCUT2D eigenvalue weighted by Crippen LogP contribution is -2.55. The fourth-order valence-electron chi connectivity index (χ4n) is 11.5. The smallest absolute Gasteiger partial charge is 0.0468 e. The molecule has 0 saturated heterocycles. The highest BCUT2D eigenvalue weighted by Gasteiger charge is 2.61. The van der Waals surface area contributed by atoms with E-state index in [9.17, 15) is 0 Å². The van der Waals surface area contributed by atoms with E-state index < -0.39 is 0 Å². The van der Waals surface area contributed by atoms with Gasteiger partial charge in [-0.15, -0.1) is 0 Å². The van der Waals surface area contributed by atoms with E-state index in [0.29, 0.717) is 0 Å². The van der Waals surface area contributed by atoms with Crippen LogP contribution in [-0.2, 0) is 5.41 Å². The molecule has 7 aromatic carbocycles. The van der Waals surface area contributed by atoms with Crippen molar-refractivity contribution in [3.8, 4) is 44.5 Å². The van der Waals surface area contributed by atoms with Crippen LogP contribution in [0.25, 0.3) is 44.5 Å². The van der Waals surface area contributed by atoms with Gasteiger partial charge in [-0.05, 0) is 154 Å². The van der Waals surface area contributed by atoms with Crippen LogP contribution in [0.4, 0.5) is 17.1 Å². The molecule has 4 fully saturated rings. The maximum Gasteiger partial charge on any atom is 0.0468 e. The summed E-state index contributed by atoms with van der Waals surface area (Å²) in [5, 5.41) is 0. The minimum Gasteiger partial charge on any atom is -0.310 e. The molecule has 0 atom stereocenters. The summed E-state index contributed by atoms with van der Waals surface area (Å²) in [6.07, 6.45) is 7.03. The molecule has 5 aliphatic carbocycles. The summed E-state index contributed by atoms with van der Waals surface area (Å²) in [4.78, 5) is 2.46. The number of nitrogens with zero attached hydrogens (tertiary/aromatic N) is 1. The number of benzene rings is 7. The Morgan fingerprint density at radius 3 is 1.21 bits per heavy atom. The SMILES string of the molecule is c1ccc(-c2ccc(N(c3ccc(-c4ccccc4)cc3)c3ccc4c(c3)-c3cc(-c5ccccc5)ccc3C43C4CC5CC(C4)CC3C5)cc2)cc1. The highest BCUT2D eigenvalue weighted by molar-refractivity contribution is 5.90. The van der Waals surface area contributed by atoms with Crippen molar-refractivity contribution in [3.63, 3.8) is 0 Å². The van der Waals surface area contributed by atoms with Crippen LogP contribution in [-0.4, -0.2) is 0 Å². The van der Waals surface area contributed by atoms with Crippen LogP contribution in [0.3, 0.4) is 0 Å². The van der Waals surface area contributed by atoms with Gasteiger partial charge in [-0.2, -0.15) is 0 Å². The molecule has 1 heteroatoms. The second-order valence-corrected chi connectivity index (χ2v) is 16.2. The summed E-state index contributed by atoms with van der Waals surface area (Å²) in [6, 6.07) is 65.6. The molecule has 1 spiro atoms. The summed E-state index contributed by atoms with van der Waals surface area (Å²) in [7, 11) is 0. The number of anilines is 3. The van der Waals surface area contributed by atoms with E-state index in [1.54, 1.807) is 11.1 Å². The predicted octanol–water partition coefficient (Wildman–Crippen LogP) is 13.9. The summed E-state index contributed by atoms with van der Waals surface area (Å²) in [5.41, 5.74) is 17.3. The largest absolute Gasteiger partial charge is 0.310 e. The number of hydrogen-bond acceptors (Lipinski definition) is 1. The highest BCUT2D eigenvalue weighted by Crippen LogP contribution is 2.69. The molecule has 0 amide bonds. The van der Waals surface area contributed by atoms with E-state index in [4.69, 9.17) is 0 Å². The first-order valence-corrected chi connectivity index (χ1v) is 19.7. The van der Waals surface area contributed by atoms with Crippen LogP contribution in [0.2, 0.25) is 0 Å². The van der Waals surface area contributed by atoms with Gasteiger partial charge in [0.15, 0.2) is 0 Å². The third-order valence-corrected chi connectivity index (χ3v) is 13.5. The normalized spacial score (nSPS) is 23.2. The van der Waals surface area contributed by atoms with Gasteiger partial charge >= 0.3 is 0 Å². The first-order valence-electron chi connectivity index (χ1n) is 19.7. The van der Waals surface area contributed by atoms with Crippen LogP contribution >= 0.6 is 0 Å². The average Bonchev–Trinajstić information content (AvgIpc) is 3.51. The van der Waals surface area contributed by atoms with Crippen molar-refractivity contribution in [2.45, 2.75) is 37.5 Å². The minimum absolute atomic E-state index is 0.130. The lowest BCUT2D eigenvalue weighted by molar-refractivity contribution is -0.0399. The summed E-state index contributed by atoms with van der Waals surface area (Å²) < 4.78 is 0. The van der Waals surface area contributed by atoms with E-state index >= 15 is 0 Å². The highest BCUT2D eigenvalue weighted by atomic mass is 15.1. The van der Waals surface area contributed by atoms with Gasteiger partial charge < -0.3 is 4.90 Å². The average molecular weight is 682 g/mol. The van der Waals surface area contributed by atoms with Gasteiger partial charge in [0.25, 0.3) is 0 Å². The molecule has 53 heavy (non-hydrogen) atoms. The third kappa shape index (κ3) is 4.90. The van der Waals surface area contributed by atoms with Crippen molar-refractivity contribution in [3.05, 3.63) is 187 Å². The van der Waals surface area contributed by atoms with Crippen molar-refractivity contribution in [1.82, 2.24) is 0 Å². The lowest BCUT2D eigenvalue weighted by Gasteiger charge is -2.61. The zero-order chi connectivity index (χ0) is 34.9. The number of hydrogen-bond donors (Lipinski definition) is 0. The topological polar surface area (TPSA) is 3.24 Å². The Morgan fingerprint density at radius 1 is 0.340 bits per heavy atom. The molecular weight excluding hydrogens is 639 g/mol. The van der Waals surface area contributed by atoms with Gasteiger partial charge in [-0.3, -0.25) is 0 Å². The molecule has 0 radical (unpaired) electrons. The minimum atomic E-state index is 0.130. The third-order valence-electron chi connectivity index (χ3n) is 13.5. The summed E-state index contributed by atoms with van der Waals surface area (Å²) >= 11 is 0. The standard InChI is InChI=1S/C52H43N/c1-4-10-37(11-5-1)40-16-21-45(22-17-40)53(46-23-18-41(19-24-46)38-12-6-2-7-13-38)47-25-27-51-49(34-47)48-33-42(39-14-8-3-9-15-39)20-26-50(48)52(51)43-29-35-28-36(31-43)32-44(52)30-35/h1-27,33-36,43-44H,28-32H2. The molecule has 1 nitrogen and oxygen atoms in total. The van der Waals surface area contributed by atoms with Crippen molar-refractivity contribution in [2.75, 3.05) is 4.90 Å². The fourth-order valence-corrected chi connectivity index (χ4v) is 11.5. The quantitative estimate of drug-likeness (QED) is 0.169. The molecule has 256 valence electrons. The van der Waals surface area contributed by atoms with Gasteiger partial charge in [0.2, 0.25) is 0 Å². The zero-order valence-electron chi connectivity index (χ0n) is 30.0. The number of rotatable bonds is 6. The van der Waals surface area contributed by atoms with Crippen molar-refractivity contribution >= 4 is 17.1 Å². The van der Waals surface area contributed by atoms with Crippen LogP contribution < -0.4 is 4.90 Å². The molecular formula is C52H43N. The molecule has 0 aromatic heterocycles. The van der Waals surface area contributed by atoms with Crippen LogP contribution in [0, 0.1) is 23.7 Å². The second-order valence-electron chi connectivity index (χ2n) is 16.2. The Morgan fingerprint density at radius 2 is 0.717 bits per heavy atom. The first-order chi connectivity index (χ1) is 26.2. The van der Waals surface area contributed by atoms with Crippen molar-refractivity contribution in [1.29, 1.82) is 0 Å². The van der Waals surface area contributed by atoms with Gasteiger partial charge in [-0.1, -0.05) is 133 Å². The Labute approximate surface area is 313 Å². The maximum absolute atomic E-state index is 2.55. The zero-order valence-corrected chi connectivity index (χ0v) is 30.0. The van der Waals surface area contributed by atoms with Crippen LogP contribution in [0.15, 0.2) is 176 Å². The molecule has 7 aromatic rings. The molecule has 4 bridgehead atoms. The molecule has 5 aliphatic rings. The molecule has 0 aliphatic heterocycles. The Bertz CT molecular complexity index is 2320. The van der Waals surface area contributed by atoms with Gasteiger partial charge in [0.05, 0.1) is 0 Å². The van der Waals surface area contributed by atoms with Gasteiger partial charge in [0.1, 0.15) is 0 Å². The Balaban J connectivity index is 1.08. The molecule has 0 N–H and O–H groups in total. The van der Waals surface area contributed by atoms with E-state index in [1.165, 1.54) is 82.3 Å². The Hall–Kier alpha value is -5.66. The van der Waals surface area contributed by atoms with E-state index in [0.717, 1.165) is 35.0 Å². The van der Waals surface area contributed by atoms with E-state index in [-0.39, 0.29) is 5.41 Å². The van der Waals surface area contributed by atoms with Crippen molar-refractivity contribution < 1.29 is 0 Å². The van der Waals surface area contributed by atoms with Crippen molar-refractivity contribution in [2.24, 2.45) is 23.7 Å². The number of fused-ring (bicyclic) bond motifs is 3. The van der Waals surface area contributed by atoms with Crippen LogP contribution in [0.5, 0.6) is 0 Å². The molecule has 0 heterocycles. The van der Waals surface area contributed by atoms with Gasteiger partial charge in [0, 0.05) is 22.5 Å². The van der Waals surface area contributed by atoms with Gasteiger partial charge in [-0.25, -0.2) is 0 Å². The fraction of sp³-hybridized carbons (Fsp3) is 0.192. The van der Waals surface area contributed by atoms with E-state index in [1.807, 2.05) is 0 Å². The molecule has 4 saturated carbocycles. The second kappa shape index (κ2) is 12.2. The first kappa shape index (κ1) is 30.9. The lowest BCUT2D eigenvalue weighted by atomic mass is 9.43. The van der Waals surface area contributed by atoms with Crippen LogP contribution in [0.1, 0.15) is 43.2 Å². The maximum atomic E-state index is 2.55. The summed E-state index contributed by atoms with van der Waals surface area (Å²) in [5.74, 6) is 3.32. The predicted molar refractivity (Wildman–Crippen MR) is 221 cm³/mol. The van der Waals surface area contributed by atoms with E-state index in [2.05, 4.69) is 181 Å². The molecule has 12 rings (SSSR count). The monoisotopic (exact) mass is 681 g/mol. The molecule has 0 unspecified atom stereocenters. The Kier molecular flexibility index (Phi) is 7.12.